The lowest BCUT2D eigenvalue weighted by Gasteiger charge is -2.05. The third-order valence-corrected chi connectivity index (χ3v) is 3.43. The van der Waals surface area contributed by atoms with Gasteiger partial charge in [-0.2, -0.15) is 0 Å². The van der Waals surface area contributed by atoms with Crippen molar-refractivity contribution in [1.29, 1.82) is 0 Å². The fraction of sp³-hybridized carbons (Fsp3) is 0.111. The van der Waals surface area contributed by atoms with E-state index in [2.05, 4.69) is 10.3 Å². The number of benzene rings is 2. The number of anilines is 1. The molecule has 110 valence electrons. The number of imidazole rings is 1. The molecule has 2 aromatic carbocycles. The van der Waals surface area contributed by atoms with Gasteiger partial charge in [-0.3, -0.25) is 10.1 Å². The number of nitrogens with one attached hydrogen (secondary N) is 1. The molecule has 0 saturated carbocycles. The zero-order chi connectivity index (χ0) is 15.4. The number of carbonyl (C=O) groups excluding carboxylic acids is 1. The first-order valence-electron chi connectivity index (χ1n) is 7.27. The molecule has 0 atom stereocenters. The van der Waals surface area contributed by atoms with Crippen LogP contribution in [-0.2, 0) is 11.3 Å². The van der Waals surface area contributed by atoms with Crippen molar-refractivity contribution in [2.45, 2.75) is 13.5 Å². The highest BCUT2D eigenvalue weighted by atomic mass is 16.1. The van der Waals surface area contributed by atoms with Crippen molar-refractivity contribution in [2.24, 2.45) is 0 Å². The predicted octanol–water partition coefficient (Wildman–Crippen LogP) is 3.71. The lowest BCUT2D eigenvalue weighted by atomic mass is 10.2. The van der Waals surface area contributed by atoms with Crippen molar-refractivity contribution in [2.75, 3.05) is 5.32 Å². The maximum absolute atomic E-state index is 12.1. The van der Waals surface area contributed by atoms with Crippen LogP contribution in [-0.4, -0.2) is 15.5 Å². The van der Waals surface area contributed by atoms with Crippen LogP contribution in [0.25, 0.3) is 17.1 Å². The lowest BCUT2D eigenvalue weighted by Crippen LogP contribution is -2.12. The molecule has 0 spiro atoms. The minimum absolute atomic E-state index is 0.186. The van der Waals surface area contributed by atoms with Gasteiger partial charge in [-0.25, -0.2) is 4.98 Å². The van der Waals surface area contributed by atoms with Crippen LogP contribution >= 0.6 is 0 Å². The SMILES string of the molecule is CCn1c(NC(=O)C=Cc2ccccc2)nc2ccccc21. The highest BCUT2D eigenvalue weighted by Crippen LogP contribution is 2.19. The van der Waals surface area contributed by atoms with E-state index in [0.29, 0.717) is 5.95 Å². The second-order valence-electron chi connectivity index (χ2n) is 4.90. The number of rotatable bonds is 4. The molecule has 1 amide bonds. The summed E-state index contributed by atoms with van der Waals surface area (Å²) in [6, 6.07) is 17.6. The first-order chi connectivity index (χ1) is 10.8. The van der Waals surface area contributed by atoms with E-state index in [4.69, 9.17) is 0 Å². The Morgan fingerprint density at radius 1 is 1.14 bits per heavy atom. The Bertz CT molecular complexity index is 819. The summed E-state index contributed by atoms with van der Waals surface area (Å²) in [6.45, 7) is 2.78. The number of aryl methyl sites for hydroxylation is 1. The summed E-state index contributed by atoms with van der Waals surface area (Å²) in [5.74, 6) is 0.389. The Labute approximate surface area is 129 Å². The summed E-state index contributed by atoms with van der Waals surface area (Å²) in [5.41, 5.74) is 2.89. The molecule has 22 heavy (non-hydrogen) atoms. The van der Waals surface area contributed by atoms with Crippen molar-refractivity contribution < 1.29 is 4.79 Å². The molecule has 0 aliphatic carbocycles. The van der Waals surface area contributed by atoms with Crippen LogP contribution in [0.2, 0.25) is 0 Å². The van der Waals surface area contributed by atoms with E-state index in [1.54, 1.807) is 6.08 Å². The van der Waals surface area contributed by atoms with Gasteiger partial charge in [-0.1, -0.05) is 42.5 Å². The minimum atomic E-state index is -0.186. The molecule has 3 aromatic rings. The molecule has 0 aliphatic heterocycles. The van der Waals surface area contributed by atoms with E-state index in [0.717, 1.165) is 23.1 Å². The maximum Gasteiger partial charge on any atom is 0.250 e. The van der Waals surface area contributed by atoms with Gasteiger partial charge in [0, 0.05) is 12.6 Å². The van der Waals surface area contributed by atoms with Gasteiger partial charge < -0.3 is 4.57 Å². The Balaban J connectivity index is 1.81. The largest absolute Gasteiger partial charge is 0.310 e. The standard InChI is InChI=1S/C18H17N3O/c1-2-21-16-11-7-6-10-15(16)19-18(21)20-17(22)13-12-14-8-4-3-5-9-14/h3-13H,2H2,1H3,(H,19,20,22). The van der Waals surface area contributed by atoms with Gasteiger partial charge in [-0.15, -0.1) is 0 Å². The Morgan fingerprint density at radius 3 is 2.64 bits per heavy atom. The quantitative estimate of drug-likeness (QED) is 0.745. The molecule has 4 nitrogen and oxygen atoms in total. The maximum atomic E-state index is 12.1. The number of carbonyl (C=O) groups is 1. The highest BCUT2D eigenvalue weighted by Gasteiger charge is 2.10. The zero-order valence-corrected chi connectivity index (χ0v) is 12.4. The average Bonchev–Trinajstić information content (AvgIpc) is 2.91. The van der Waals surface area contributed by atoms with E-state index >= 15 is 0 Å². The molecule has 1 N–H and O–H groups in total. The summed E-state index contributed by atoms with van der Waals surface area (Å²) in [6.07, 6.45) is 3.31. The zero-order valence-electron chi connectivity index (χ0n) is 12.4. The molecule has 0 bridgehead atoms. The fourth-order valence-corrected chi connectivity index (χ4v) is 2.38. The molecule has 3 rings (SSSR count). The highest BCUT2D eigenvalue weighted by molar-refractivity contribution is 6.01. The Hall–Kier alpha value is -2.88. The lowest BCUT2D eigenvalue weighted by molar-refractivity contribution is -0.111. The van der Waals surface area contributed by atoms with Crippen molar-refractivity contribution >= 4 is 29.0 Å². The van der Waals surface area contributed by atoms with Crippen molar-refractivity contribution in [3.63, 3.8) is 0 Å². The summed E-state index contributed by atoms with van der Waals surface area (Å²) in [4.78, 5) is 16.6. The van der Waals surface area contributed by atoms with Crippen LogP contribution in [0.5, 0.6) is 0 Å². The van der Waals surface area contributed by atoms with E-state index < -0.39 is 0 Å². The Kier molecular flexibility index (Phi) is 4.01. The second-order valence-corrected chi connectivity index (χ2v) is 4.90. The van der Waals surface area contributed by atoms with Gasteiger partial charge in [0.05, 0.1) is 11.0 Å². The number of fused-ring (bicyclic) bond motifs is 1. The topological polar surface area (TPSA) is 46.9 Å². The van der Waals surface area contributed by atoms with Crippen LogP contribution in [0.3, 0.4) is 0 Å². The number of para-hydroxylation sites is 2. The number of hydrogen-bond donors (Lipinski definition) is 1. The summed E-state index contributed by atoms with van der Waals surface area (Å²) in [5, 5.41) is 2.85. The summed E-state index contributed by atoms with van der Waals surface area (Å²) in [7, 11) is 0. The monoisotopic (exact) mass is 291 g/mol. The number of hydrogen-bond acceptors (Lipinski definition) is 2. The van der Waals surface area contributed by atoms with E-state index in [1.165, 1.54) is 6.08 Å². The van der Waals surface area contributed by atoms with Gasteiger partial charge in [0.2, 0.25) is 5.95 Å². The summed E-state index contributed by atoms with van der Waals surface area (Å²) >= 11 is 0. The first kappa shape index (κ1) is 14.1. The predicted molar refractivity (Wildman–Crippen MR) is 89.5 cm³/mol. The molecule has 1 aromatic heterocycles. The second kappa shape index (κ2) is 6.26. The first-order valence-corrected chi connectivity index (χ1v) is 7.27. The van der Waals surface area contributed by atoms with Gasteiger partial charge in [0.25, 0.3) is 5.91 Å². The molecule has 0 unspecified atom stereocenters. The minimum Gasteiger partial charge on any atom is -0.310 e. The van der Waals surface area contributed by atoms with Crippen LogP contribution in [0, 0.1) is 0 Å². The van der Waals surface area contributed by atoms with Crippen molar-refractivity contribution in [3.05, 3.63) is 66.2 Å². The van der Waals surface area contributed by atoms with Gasteiger partial charge in [0.15, 0.2) is 0 Å². The van der Waals surface area contributed by atoms with Gasteiger partial charge in [-0.05, 0) is 30.7 Å². The van der Waals surface area contributed by atoms with Crippen molar-refractivity contribution in [1.82, 2.24) is 9.55 Å². The molecular weight excluding hydrogens is 274 g/mol. The van der Waals surface area contributed by atoms with Crippen LogP contribution in [0.1, 0.15) is 12.5 Å². The van der Waals surface area contributed by atoms with Gasteiger partial charge in [0.1, 0.15) is 0 Å². The molecule has 0 radical (unpaired) electrons. The third-order valence-electron chi connectivity index (χ3n) is 3.43. The molecule has 1 heterocycles. The van der Waals surface area contributed by atoms with Crippen LogP contribution in [0.4, 0.5) is 5.95 Å². The van der Waals surface area contributed by atoms with E-state index in [-0.39, 0.29) is 5.91 Å². The normalized spacial score (nSPS) is 11.1. The van der Waals surface area contributed by atoms with E-state index in [9.17, 15) is 4.79 Å². The molecule has 0 fully saturated rings. The average molecular weight is 291 g/mol. The number of aromatic nitrogens is 2. The molecular formula is C18H17N3O. The fourth-order valence-electron chi connectivity index (χ4n) is 2.38. The smallest absolute Gasteiger partial charge is 0.250 e. The molecule has 4 heteroatoms. The Morgan fingerprint density at radius 2 is 1.86 bits per heavy atom. The number of nitrogens with zero attached hydrogens (tertiary/aromatic N) is 2. The third kappa shape index (κ3) is 2.91. The van der Waals surface area contributed by atoms with Gasteiger partial charge >= 0.3 is 0 Å². The summed E-state index contributed by atoms with van der Waals surface area (Å²) < 4.78 is 1.99. The van der Waals surface area contributed by atoms with Crippen LogP contribution in [0.15, 0.2) is 60.7 Å². The van der Waals surface area contributed by atoms with E-state index in [1.807, 2.05) is 66.1 Å². The number of amides is 1. The van der Waals surface area contributed by atoms with Crippen molar-refractivity contribution in [3.8, 4) is 0 Å². The van der Waals surface area contributed by atoms with Crippen LogP contribution < -0.4 is 5.32 Å². The molecule has 0 saturated heterocycles. The molecule has 0 aliphatic rings.